The van der Waals surface area contributed by atoms with Crippen LogP contribution in [0.1, 0.15) is 119 Å². The van der Waals surface area contributed by atoms with Gasteiger partial charge in [0, 0.05) is 61.6 Å². The maximum atomic E-state index is 2.48. The standard InChI is InChI=1S/C73H54N2.C70H50N2/c1-71(2)61-25-13-11-23-55(61)58-40-37-53(45-67(58)71)74(52-35-31-48(32-36-52)47-19-7-5-8-20-47)54-38-41-59-57-39-33-50(44-66(57)72(3,4)68(59)46-54)49-34-42-63-60(43-49)56-24-12-14-26-62(56)73(63)64-27-15-17-29-69(64)75(51-21-9-6-10-22-51)70-30-18-16-28-65(70)73;1-69(2)64-45-51(50-37-43-61-59(44-50)56-27-12-14-28-60(56)70(61)62-29-15-18-32-67(62)72(52-24-10-5-11-25-52)68-33-19-16-30-63(68)70)36-41-57(64)58-42-40-54(46-65(58)69)71(53-38-34-48(35-39-53)47-20-6-3-7-21-47)66-31-17-13-26-55(66)49-22-8-4-9-23-49/h5-46H,1-4H3;3-46H,1-2H3. The number of rotatable bonds is 13. The van der Waals surface area contributed by atoms with Crippen molar-refractivity contribution < 1.29 is 0 Å². The summed E-state index contributed by atoms with van der Waals surface area (Å²) in [6.07, 6.45) is 0. The van der Waals surface area contributed by atoms with E-state index in [0.29, 0.717) is 0 Å². The predicted octanol–water partition coefficient (Wildman–Crippen LogP) is 37.9. The van der Waals surface area contributed by atoms with Crippen LogP contribution < -0.4 is 19.6 Å². The minimum atomic E-state index is -0.485. The summed E-state index contributed by atoms with van der Waals surface area (Å²) < 4.78 is 0. The summed E-state index contributed by atoms with van der Waals surface area (Å²) >= 11 is 0. The van der Waals surface area contributed by atoms with E-state index in [9.17, 15) is 0 Å². The average Bonchev–Trinajstić information content (AvgIpc) is 1.53. The van der Waals surface area contributed by atoms with Gasteiger partial charge in [-0.3, -0.25) is 0 Å². The van der Waals surface area contributed by atoms with Crippen LogP contribution in [0.25, 0.3) is 111 Å². The molecular weight excluding hydrogens is 1770 g/mol. The molecule has 4 heteroatoms. The molecule has 2 heterocycles. The second kappa shape index (κ2) is 33.6. The van der Waals surface area contributed by atoms with Gasteiger partial charge in [0.15, 0.2) is 0 Å². The van der Waals surface area contributed by atoms with Crippen molar-refractivity contribution in [1.29, 1.82) is 0 Å². The highest BCUT2D eigenvalue weighted by atomic mass is 15.2. The Morgan fingerprint density at radius 3 is 0.769 bits per heavy atom. The van der Waals surface area contributed by atoms with Crippen LogP contribution in [0.4, 0.5) is 68.2 Å². The first-order valence-electron chi connectivity index (χ1n) is 51.7. The van der Waals surface area contributed by atoms with Crippen LogP contribution in [0.3, 0.4) is 0 Å². The summed E-state index contributed by atoms with van der Waals surface area (Å²) in [4.78, 5) is 9.81. The molecule has 4 nitrogen and oxygen atoms in total. The van der Waals surface area contributed by atoms with Gasteiger partial charge in [0.05, 0.1) is 39.3 Å². The first-order valence-corrected chi connectivity index (χ1v) is 51.7. The Kier molecular flexibility index (Phi) is 19.9. The first kappa shape index (κ1) is 86.9. The van der Waals surface area contributed by atoms with E-state index in [-0.39, 0.29) is 16.2 Å². The largest absolute Gasteiger partial charge is 0.310 e. The topological polar surface area (TPSA) is 13.0 Å². The van der Waals surface area contributed by atoms with Crippen LogP contribution >= 0.6 is 0 Å². The molecule has 0 saturated carbocycles. The molecule has 0 radical (unpaired) electrons. The molecule has 7 aliphatic rings. The van der Waals surface area contributed by atoms with E-state index in [4.69, 9.17) is 0 Å². The smallest absolute Gasteiger partial charge is 0.0754 e. The number of hydrogen-bond acceptors (Lipinski definition) is 4. The van der Waals surface area contributed by atoms with E-state index in [1.165, 1.54) is 212 Å². The molecule has 0 fully saturated rings. The van der Waals surface area contributed by atoms with E-state index in [2.05, 4.69) is 583 Å². The highest BCUT2D eigenvalue weighted by Crippen LogP contribution is 2.68. The Morgan fingerprint density at radius 2 is 0.381 bits per heavy atom. The van der Waals surface area contributed by atoms with Gasteiger partial charge in [0.1, 0.15) is 0 Å². The van der Waals surface area contributed by atoms with Crippen LogP contribution in [0.15, 0.2) is 522 Å². The number of hydrogen-bond donors (Lipinski definition) is 0. The number of benzene rings is 22. The second-order valence-electron chi connectivity index (χ2n) is 42.0. The van der Waals surface area contributed by atoms with Crippen LogP contribution in [0.2, 0.25) is 0 Å². The Morgan fingerprint density at radius 1 is 0.143 bits per heavy atom. The van der Waals surface area contributed by atoms with Gasteiger partial charge in [-0.2, -0.15) is 0 Å². The van der Waals surface area contributed by atoms with E-state index in [1.54, 1.807) is 0 Å². The van der Waals surface area contributed by atoms with E-state index >= 15 is 0 Å². The van der Waals surface area contributed by atoms with Crippen molar-refractivity contribution in [2.24, 2.45) is 0 Å². The predicted molar refractivity (Wildman–Crippen MR) is 613 cm³/mol. The molecule has 2 spiro atoms. The number of nitrogens with zero attached hydrogens (tertiary/aromatic N) is 4. The normalized spacial score (nSPS) is 14.4. The third-order valence-corrected chi connectivity index (χ3v) is 33.3. The molecule has 29 rings (SSSR count). The van der Waals surface area contributed by atoms with Crippen molar-refractivity contribution in [3.63, 3.8) is 0 Å². The SMILES string of the molecule is CC1(C)c2cc(-c3ccc4c(c3)-c3ccccc3C43c4ccccc4N(c4ccccc4)c4ccccc43)ccc2-c2ccc(N(c3ccc(-c4ccccc4)cc3)c3ccccc3-c3ccccc3)cc21.CC1(C)c2ccccc2-c2ccc(N(c3ccc(-c4ccccc4)cc3)c3ccc4c(c3)C(C)(C)c3cc(-c5ccc6c(c5)-c5ccccc5C65c6ccccc6N(c6ccccc6)c6ccccc65)ccc3-4)cc21. The lowest BCUT2D eigenvalue weighted by molar-refractivity contribution is 0.660. The minimum Gasteiger partial charge on any atom is -0.310 e. The fourth-order valence-corrected chi connectivity index (χ4v) is 26.5. The quantitative estimate of drug-likeness (QED) is 0.114. The molecule has 696 valence electrons. The Balaban J connectivity index is 0.000000142. The van der Waals surface area contributed by atoms with Crippen LogP contribution in [-0.4, -0.2) is 0 Å². The maximum absolute atomic E-state index is 2.48. The molecular formula is C143H104N4. The summed E-state index contributed by atoms with van der Waals surface area (Å²) in [5.41, 5.74) is 56.2. The lowest BCUT2D eigenvalue weighted by atomic mass is 9.64. The lowest BCUT2D eigenvalue weighted by Crippen LogP contribution is -2.36. The van der Waals surface area contributed by atoms with Gasteiger partial charge in [-0.25, -0.2) is 0 Å². The van der Waals surface area contributed by atoms with E-state index in [1.807, 2.05) is 0 Å². The first-order chi connectivity index (χ1) is 72.2. The molecule has 5 aliphatic carbocycles. The molecule has 22 aromatic carbocycles. The van der Waals surface area contributed by atoms with Crippen molar-refractivity contribution in [3.05, 3.63) is 600 Å². The maximum Gasteiger partial charge on any atom is 0.0754 e. The lowest BCUT2D eigenvalue weighted by Gasteiger charge is -2.45. The molecule has 22 aromatic rings. The van der Waals surface area contributed by atoms with Crippen molar-refractivity contribution in [3.8, 4) is 111 Å². The number of para-hydroxylation sites is 7. The van der Waals surface area contributed by atoms with Gasteiger partial charge in [-0.15, -0.1) is 0 Å². The summed E-state index contributed by atoms with van der Waals surface area (Å²) in [6.45, 7) is 14.4. The van der Waals surface area contributed by atoms with Crippen LogP contribution in [0, 0.1) is 0 Å². The number of fused-ring (bicyclic) bond motifs is 27. The van der Waals surface area contributed by atoms with Crippen molar-refractivity contribution in [1.82, 2.24) is 0 Å². The van der Waals surface area contributed by atoms with Crippen LogP contribution in [-0.2, 0) is 27.1 Å². The molecule has 0 amide bonds. The summed E-state index contributed by atoms with van der Waals surface area (Å²) in [5, 5.41) is 0. The van der Waals surface area contributed by atoms with Gasteiger partial charge in [-0.05, 0) is 323 Å². The van der Waals surface area contributed by atoms with Crippen LogP contribution in [0.5, 0.6) is 0 Å². The Bertz CT molecular complexity index is 8970. The second-order valence-corrected chi connectivity index (χ2v) is 42.0. The highest BCUT2D eigenvalue weighted by Gasteiger charge is 2.55. The molecule has 0 bridgehead atoms. The fraction of sp³-hybridized carbons (Fsp3) is 0.0769. The van der Waals surface area contributed by atoms with Gasteiger partial charge >= 0.3 is 0 Å². The van der Waals surface area contributed by atoms with Gasteiger partial charge in [-0.1, -0.05) is 424 Å². The molecule has 147 heavy (non-hydrogen) atoms. The minimum absolute atomic E-state index is 0.120. The average molecular weight is 1880 g/mol. The third-order valence-electron chi connectivity index (χ3n) is 33.3. The highest BCUT2D eigenvalue weighted by molar-refractivity contribution is 6.02. The monoisotopic (exact) mass is 1880 g/mol. The fourth-order valence-electron chi connectivity index (χ4n) is 26.5. The zero-order valence-electron chi connectivity index (χ0n) is 82.9. The van der Waals surface area contributed by atoms with Crippen molar-refractivity contribution >= 4 is 68.2 Å². The molecule has 0 N–H and O–H groups in total. The number of anilines is 12. The summed E-state index contributed by atoms with van der Waals surface area (Å²) in [7, 11) is 0. The molecule has 0 aromatic heterocycles. The van der Waals surface area contributed by atoms with Crippen molar-refractivity contribution in [2.75, 3.05) is 19.6 Å². The zero-order chi connectivity index (χ0) is 98.2. The third kappa shape index (κ3) is 13.2. The van der Waals surface area contributed by atoms with Gasteiger partial charge < -0.3 is 19.6 Å². The molecule has 0 atom stereocenters. The Hall–Kier alpha value is -18.0. The molecule has 2 aliphatic heterocycles. The van der Waals surface area contributed by atoms with Crippen molar-refractivity contribution in [2.45, 2.75) is 68.6 Å². The summed E-state index contributed by atoms with van der Waals surface area (Å²) in [5.74, 6) is 0. The zero-order valence-corrected chi connectivity index (χ0v) is 82.9. The van der Waals surface area contributed by atoms with Gasteiger partial charge in [0.25, 0.3) is 0 Å². The van der Waals surface area contributed by atoms with E-state index in [0.717, 1.165) is 45.5 Å². The van der Waals surface area contributed by atoms with Gasteiger partial charge in [0.2, 0.25) is 0 Å². The van der Waals surface area contributed by atoms with E-state index < -0.39 is 10.8 Å². The molecule has 0 saturated heterocycles. The molecule has 0 unspecified atom stereocenters. The summed E-state index contributed by atoms with van der Waals surface area (Å²) in [6, 6.07) is 194. The Labute approximate surface area is 861 Å².